The molecule has 0 radical (unpaired) electrons. The zero-order chi connectivity index (χ0) is 19.2. The third kappa shape index (κ3) is 4.55. The van der Waals surface area contributed by atoms with Crippen molar-refractivity contribution in [1.29, 1.82) is 0 Å². The van der Waals surface area contributed by atoms with Crippen molar-refractivity contribution in [3.63, 3.8) is 0 Å². The van der Waals surface area contributed by atoms with Crippen molar-refractivity contribution in [3.05, 3.63) is 23.8 Å². The first-order valence-electron chi connectivity index (χ1n) is 9.17. The number of rotatable bonds is 7. The van der Waals surface area contributed by atoms with Crippen LogP contribution in [0, 0.1) is 5.92 Å². The largest absolute Gasteiger partial charge is 0.496 e. The lowest BCUT2D eigenvalue weighted by Crippen LogP contribution is -2.48. The highest BCUT2D eigenvalue weighted by atomic mass is 16.5. The third-order valence-corrected chi connectivity index (χ3v) is 4.81. The molecule has 1 saturated carbocycles. The monoisotopic (exact) mass is 363 g/mol. The summed E-state index contributed by atoms with van der Waals surface area (Å²) in [4.78, 5) is 25.0. The van der Waals surface area contributed by atoms with Crippen LogP contribution in [0.4, 0.5) is 5.69 Å². The topological polar surface area (TPSA) is 73.9 Å². The number of carbonyl (C=O) groups is 2. The minimum absolute atomic E-state index is 0.154. The Morgan fingerprint density at radius 3 is 2.69 bits per heavy atom. The molecule has 0 aromatic heterocycles. The average Bonchev–Trinajstić information content (AvgIpc) is 2.65. The molecule has 26 heavy (non-hydrogen) atoms. The summed E-state index contributed by atoms with van der Waals surface area (Å²) in [6.45, 7) is 4.74. The first kappa shape index (κ1) is 20.2. The summed E-state index contributed by atoms with van der Waals surface area (Å²) in [7, 11) is 2.79. The van der Waals surface area contributed by atoms with E-state index in [0.29, 0.717) is 36.8 Å². The molecule has 0 unspecified atom stereocenters. The van der Waals surface area contributed by atoms with Crippen LogP contribution < -0.4 is 10.1 Å². The van der Waals surface area contributed by atoms with Crippen LogP contribution in [0.1, 0.15) is 56.3 Å². The van der Waals surface area contributed by atoms with Crippen LogP contribution in [0.2, 0.25) is 0 Å². The number of amides is 1. The molecule has 1 amide bonds. The maximum atomic E-state index is 13.1. The maximum Gasteiger partial charge on any atom is 0.341 e. The summed E-state index contributed by atoms with van der Waals surface area (Å²) in [5.74, 6) is 0.172. The number of nitrogens with one attached hydrogen (secondary N) is 1. The summed E-state index contributed by atoms with van der Waals surface area (Å²) in [5.41, 5.74) is -0.0128. The second-order valence-electron chi connectivity index (χ2n) is 6.91. The van der Waals surface area contributed by atoms with E-state index in [0.717, 1.165) is 19.3 Å². The standard InChI is InChI=1S/C20H29NO5/c1-5-11-26-20(10-6-7-14(2)13-20)19(23)21-15-8-9-17(24-3)16(12-15)18(22)25-4/h8-9,12,14H,5-7,10-11,13H2,1-4H3,(H,21,23)/t14-,20+/m0/s1. The molecule has 1 aliphatic carbocycles. The lowest BCUT2D eigenvalue weighted by Gasteiger charge is -2.38. The van der Waals surface area contributed by atoms with Crippen molar-refractivity contribution < 1.29 is 23.8 Å². The Kier molecular flexibility index (Phi) is 7.03. The zero-order valence-corrected chi connectivity index (χ0v) is 16.1. The highest BCUT2D eigenvalue weighted by molar-refractivity contribution is 5.99. The number of carbonyl (C=O) groups excluding carboxylic acids is 2. The van der Waals surface area contributed by atoms with E-state index in [1.165, 1.54) is 14.2 Å². The van der Waals surface area contributed by atoms with Crippen molar-refractivity contribution in [2.75, 3.05) is 26.1 Å². The SMILES string of the molecule is CCCO[C@]1(C(=O)Nc2ccc(OC)c(C(=O)OC)c2)CCC[C@H](C)C1. The Bertz CT molecular complexity index is 645. The molecule has 0 heterocycles. The van der Waals surface area contributed by atoms with Crippen LogP contribution in [0.3, 0.4) is 0 Å². The fourth-order valence-electron chi connectivity index (χ4n) is 3.50. The summed E-state index contributed by atoms with van der Waals surface area (Å²) in [6, 6.07) is 4.93. The molecule has 1 aromatic rings. The predicted molar refractivity (Wildman–Crippen MR) is 99.6 cm³/mol. The molecular formula is C20H29NO5. The van der Waals surface area contributed by atoms with E-state index in [1.807, 2.05) is 6.92 Å². The number of esters is 1. The van der Waals surface area contributed by atoms with Crippen molar-refractivity contribution in [2.24, 2.45) is 5.92 Å². The van der Waals surface area contributed by atoms with E-state index in [9.17, 15) is 9.59 Å². The van der Waals surface area contributed by atoms with Crippen molar-refractivity contribution in [2.45, 2.75) is 51.6 Å². The van der Waals surface area contributed by atoms with E-state index < -0.39 is 11.6 Å². The van der Waals surface area contributed by atoms with Gasteiger partial charge in [0.2, 0.25) is 0 Å². The van der Waals surface area contributed by atoms with Gasteiger partial charge in [-0.25, -0.2) is 4.79 Å². The second-order valence-corrected chi connectivity index (χ2v) is 6.91. The van der Waals surface area contributed by atoms with Gasteiger partial charge in [0.25, 0.3) is 5.91 Å². The van der Waals surface area contributed by atoms with Gasteiger partial charge >= 0.3 is 5.97 Å². The van der Waals surface area contributed by atoms with Crippen LogP contribution >= 0.6 is 0 Å². The molecule has 1 aromatic carbocycles. The number of anilines is 1. The molecular weight excluding hydrogens is 334 g/mol. The molecule has 1 N–H and O–H groups in total. The van der Waals surface area contributed by atoms with Gasteiger partial charge in [0, 0.05) is 12.3 Å². The lowest BCUT2D eigenvalue weighted by atomic mass is 9.78. The number of hydrogen-bond donors (Lipinski definition) is 1. The van der Waals surface area contributed by atoms with Gasteiger partial charge < -0.3 is 19.5 Å². The second kappa shape index (κ2) is 9.03. The van der Waals surface area contributed by atoms with Gasteiger partial charge in [-0.1, -0.05) is 20.3 Å². The highest BCUT2D eigenvalue weighted by Gasteiger charge is 2.42. The van der Waals surface area contributed by atoms with Gasteiger partial charge in [-0.15, -0.1) is 0 Å². The summed E-state index contributed by atoms with van der Waals surface area (Å²) in [5, 5.41) is 2.93. The third-order valence-electron chi connectivity index (χ3n) is 4.81. The van der Waals surface area contributed by atoms with Crippen LogP contribution in [-0.2, 0) is 14.3 Å². The average molecular weight is 363 g/mol. The fraction of sp³-hybridized carbons (Fsp3) is 0.600. The summed E-state index contributed by atoms with van der Waals surface area (Å²) in [6.07, 6.45) is 4.36. The van der Waals surface area contributed by atoms with E-state index in [1.54, 1.807) is 18.2 Å². The minimum atomic E-state index is -0.807. The molecule has 0 saturated heterocycles. The molecule has 0 bridgehead atoms. The normalized spacial score (nSPS) is 22.5. The number of benzene rings is 1. The Hall–Kier alpha value is -2.08. The Labute approximate surface area is 155 Å². The van der Waals surface area contributed by atoms with E-state index in [2.05, 4.69) is 12.2 Å². The van der Waals surface area contributed by atoms with E-state index in [4.69, 9.17) is 14.2 Å². The predicted octanol–water partition coefficient (Wildman–Crippen LogP) is 3.80. The van der Waals surface area contributed by atoms with Crippen molar-refractivity contribution in [3.8, 4) is 5.75 Å². The Balaban J connectivity index is 2.24. The summed E-state index contributed by atoms with van der Waals surface area (Å²) < 4.78 is 16.0. The molecule has 6 heteroatoms. The van der Waals surface area contributed by atoms with E-state index >= 15 is 0 Å². The Morgan fingerprint density at radius 2 is 2.08 bits per heavy atom. The first-order valence-corrected chi connectivity index (χ1v) is 9.17. The Morgan fingerprint density at radius 1 is 1.31 bits per heavy atom. The zero-order valence-electron chi connectivity index (χ0n) is 16.1. The number of methoxy groups -OCH3 is 2. The highest BCUT2D eigenvalue weighted by Crippen LogP contribution is 2.36. The van der Waals surface area contributed by atoms with Gasteiger partial charge in [-0.3, -0.25) is 4.79 Å². The minimum Gasteiger partial charge on any atom is -0.496 e. The first-order chi connectivity index (χ1) is 12.5. The number of ether oxygens (including phenoxy) is 3. The lowest BCUT2D eigenvalue weighted by molar-refractivity contribution is -0.148. The van der Waals surface area contributed by atoms with Gasteiger partial charge in [0.15, 0.2) is 0 Å². The van der Waals surface area contributed by atoms with Gasteiger partial charge in [0.1, 0.15) is 16.9 Å². The molecule has 2 rings (SSSR count). The molecule has 1 fully saturated rings. The summed E-state index contributed by atoms with van der Waals surface area (Å²) >= 11 is 0. The van der Waals surface area contributed by atoms with Gasteiger partial charge in [0.05, 0.1) is 14.2 Å². The van der Waals surface area contributed by atoms with Gasteiger partial charge in [-0.05, 0) is 49.8 Å². The van der Waals surface area contributed by atoms with Crippen LogP contribution in [0.15, 0.2) is 18.2 Å². The van der Waals surface area contributed by atoms with Gasteiger partial charge in [-0.2, -0.15) is 0 Å². The molecule has 6 nitrogen and oxygen atoms in total. The quantitative estimate of drug-likeness (QED) is 0.746. The number of hydrogen-bond acceptors (Lipinski definition) is 5. The molecule has 1 aliphatic rings. The molecule has 2 atom stereocenters. The molecule has 0 spiro atoms. The van der Waals surface area contributed by atoms with Crippen LogP contribution in [0.25, 0.3) is 0 Å². The van der Waals surface area contributed by atoms with Crippen molar-refractivity contribution in [1.82, 2.24) is 0 Å². The van der Waals surface area contributed by atoms with E-state index in [-0.39, 0.29) is 11.5 Å². The molecule has 0 aliphatic heterocycles. The maximum absolute atomic E-state index is 13.1. The van der Waals surface area contributed by atoms with Crippen LogP contribution in [-0.4, -0.2) is 38.3 Å². The smallest absolute Gasteiger partial charge is 0.341 e. The molecule has 144 valence electrons. The van der Waals surface area contributed by atoms with Crippen LogP contribution in [0.5, 0.6) is 5.75 Å². The fourth-order valence-corrected chi connectivity index (χ4v) is 3.50. The van der Waals surface area contributed by atoms with Crippen molar-refractivity contribution >= 4 is 17.6 Å².